The standard InChI is InChI=1S/C18H14Cl2N2O4/c1-11-6-14(19)17(15(20)7-11)26-5-4-25-16-3-2-12(10-22-16)8-13(9-21)18(23)24/h2-3,6-8,10H,4-5H2,1H3,(H,23,24). The van der Waals surface area contributed by atoms with Crippen molar-refractivity contribution in [1.82, 2.24) is 4.98 Å². The van der Waals surface area contributed by atoms with Crippen LogP contribution in [0.3, 0.4) is 0 Å². The molecule has 0 saturated carbocycles. The van der Waals surface area contributed by atoms with Crippen LogP contribution in [0.2, 0.25) is 10.0 Å². The Bertz CT molecular complexity index is 851. The minimum Gasteiger partial charge on any atom is -0.487 e. The Morgan fingerprint density at radius 1 is 1.27 bits per heavy atom. The Morgan fingerprint density at radius 3 is 2.46 bits per heavy atom. The first kappa shape index (κ1) is 19.6. The van der Waals surface area contributed by atoms with Crippen LogP contribution in [-0.2, 0) is 4.79 Å². The van der Waals surface area contributed by atoms with Gasteiger partial charge in [0.1, 0.15) is 24.9 Å². The van der Waals surface area contributed by atoms with E-state index in [2.05, 4.69) is 4.98 Å². The van der Waals surface area contributed by atoms with Crippen molar-refractivity contribution in [1.29, 1.82) is 5.26 Å². The largest absolute Gasteiger partial charge is 0.487 e. The third kappa shape index (κ3) is 5.38. The summed E-state index contributed by atoms with van der Waals surface area (Å²) in [5, 5.41) is 18.4. The first-order chi connectivity index (χ1) is 12.4. The highest BCUT2D eigenvalue weighted by Crippen LogP contribution is 2.33. The van der Waals surface area contributed by atoms with Crippen LogP contribution in [-0.4, -0.2) is 29.3 Å². The molecule has 6 nitrogen and oxygen atoms in total. The van der Waals surface area contributed by atoms with Gasteiger partial charge in [0.25, 0.3) is 0 Å². The van der Waals surface area contributed by atoms with Gasteiger partial charge in [-0.3, -0.25) is 0 Å². The zero-order valence-electron chi connectivity index (χ0n) is 13.7. The second-order valence-electron chi connectivity index (χ2n) is 5.16. The number of aromatic nitrogens is 1. The quantitative estimate of drug-likeness (QED) is 0.432. The van der Waals surface area contributed by atoms with Gasteiger partial charge in [0.05, 0.1) is 10.0 Å². The van der Waals surface area contributed by atoms with Crippen LogP contribution in [0.15, 0.2) is 36.0 Å². The van der Waals surface area contributed by atoms with Crippen LogP contribution in [0.4, 0.5) is 0 Å². The molecule has 0 aliphatic heterocycles. The molecule has 1 N–H and O–H groups in total. The first-order valence-electron chi connectivity index (χ1n) is 7.43. The highest BCUT2D eigenvalue weighted by atomic mass is 35.5. The van der Waals surface area contributed by atoms with Gasteiger partial charge < -0.3 is 14.6 Å². The molecule has 8 heteroatoms. The summed E-state index contributed by atoms with van der Waals surface area (Å²) >= 11 is 12.2. The maximum atomic E-state index is 10.8. The number of hydrogen-bond acceptors (Lipinski definition) is 5. The first-order valence-corrected chi connectivity index (χ1v) is 8.18. The van der Waals surface area contributed by atoms with Crippen LogP contribution >= 0.6 is 23.2 Å². The molecule has 0 unspecified atom stereocenters. The Labute approximate surface area is 160 Å². The highest BCUT2D eigenvalue weighted by Gasteiger charge is 2.09. The summed E-state index contributed by atoms with van der Waals surface area (Å²) in [7, 11) is 0. The van der Waals surface area contributed by atoms with Gasteiger partial charge in [0, 0.05) is 12.3 Å². The number of halogens is 2. The summed E-state index contributed by atoms with van der Waals surface area (Å²) in [6.45, 7) is 2.30. The van der Waals surface area contributed by atoms with Gasteiger partial charge in [-0.15, -0.1) is 0 Å². The van der Waals surface area contributed by atoms with E-state index in [0.29, 0.717) is 27.2 Å². The zero-order chi connectivity index (χ0) is 19.1. The van der Waals surface area contributed by atoms with E-state index in [0.717, 1.165) is 5.56 Å². The number of carboxylic acids is 1. The van der Waals surface area contributed by atoms with E-state index in [1.54, 1.807) is 30.3 Å². The van der Waals surface area contributed by atoms with Gasteiger partial charge in [-0.05, 0) is 42.3 Å². The summed E-state index contributed by atoms with van der Waals surface area (Å²) in [5.74, 6) is -0.562. The molecule has 2 rings (SSSR count). The lowest BCUT2D eigenvalue weighted by Crippen LogP contribution is -2.10. The summed E-state index contributed by atoms with van der Waals surface area (Å²) < 4.78 is 11.0. The number of pyridine rings is 1. The van der Waals surface area contributed by atoms with Gasteiger partial charge in [-0.1, -0.05) is 23.2 Å². The molecule has 0 spiro atoms. The lowest BCUT2D eigenvalue weighted by atomic mass is 10.2. The van der Waals surface area contributed by atoms with Crippen LogP contribution in [0.25, 0.3) is 6.08 Å². The lowest BCUT2D eigenvalue weighted by molar-refractivity contribution is -0.132. The molecule has 134 valence electrons. The third-order valence-electron chi connectivity index (χ3n) is 3.14. The van der Waals surface area contributed by atoms with E-state index in [1.807, 2.05) is 6.92 Å². The van der Waals surface area contributed by atoms with Crippen molar-refractivity contribution in [3.8, 4) is 17.7 Å². The maximum absolute atomic E-state index is 10.8. The number of carboxylic acid groups (broad SMARTS) is 1. The van der Waals surface area contributed by atoms with Gasteiger partial charge in [0.2, 0.25) is 5.88 Å². The van der Waals surface area contributed by atoms with Crippen LogP contribution in [0.5, 0.6) is 11.6 Å². The molecule has 0 aliphatic rings. The van der Waals surface area contributed by atoms with E-state index in [-0.39, 0.29) is 18.8 Å². The average Bonchev–Trinajstić information content (AvgIpc) is 2.59. The molecule has 0 atom stereocenters. The number of hydrogen-bond donors (Lipinski definition) is 1. The Morgan fingerprint density at radius 2 is 1.92 bits per heavy atom. The van der Waals surface area contributed by atoms with Crippen molar-refractivity contribution in [3.63, 3.8) is 0 Å². The number of nitriles is 1. The third-order valence-corrected chi connectivity index (χ3v) is 3.70. The van der Waals surface area contributed by atoms with E-state index in [9.17, 15) is 4.79 Å². The van der Waals surface area contributed by atoms with Crippen molar-refractivity contribution in [2.75, 3.05) is 13.2 Å². The summed E-state index contributed by atoms with van der Waals surface area (Å²) in [6.07, 6.45) is 2.63. The van der Waals surface area contributed by atoms with Crippen molar-refractivity contribution in [3.05, 3.63) is 57.2 Å². The van der Waals surface area contributed by atoms with Gasteiger partial charge in [-0.2, -0.15) is 5.26 Å². The second-order valence-corrected chi connectivity index (χ2v) is 5.97. The molecule has 0 bridgehead atoms. The summed E-state index contributed by atoms with van der Waals surface area (Å²) in [4.78, 5) is 14.8. The topological polar surface area (TPSA) is 92.4 Å². The lowest BCUT2D eigenvalue weighted by Gasteiger charge is -2.11. The van der Waals surface area contributed by atoms with E-state index in [4.69, 9.17) is 43.0 Å². The predicted molar refractivity (Wildman–Crippen MR) is 97.7 cm³/mol. The normalized spacial score (nSPS) is 10.9. The highest BCUT2D eigenvalue weighted by molar-refractivity contribution is 6.37. The fraction of sp³-hybridized carbons (Fsp3) is 0.167. The summed E-state index contributed by atoms with van der Waals surface area (Å²) in [5.41, 5.74) is 1.04. The summed E-state index contributed by atoms with van der Waals surface area (Å²) in [6, 6.07) is 8.27. The molecule has 0 radical (unpaired) electrons. The van der Waals surface area contributed by atoms with E-state index in [1.165, 1.54) is 12.3 Å². The Kier molecular flexibility index (Phi) is 6.84. The van der Waals surface area contributed by atoms with Crippen LogP contribution < -0.4 is 9.47 Å². The molecule has 0 saturated heterocycles. The zero-order valence-corrected chi connectivity index (χ0v) is 15.2. The molecular formula is C18H14Cl2N2O4. The van der Waals surface area contributed by atoms with Crippen molar-refractivity contribution >= 4 is 35.2 Å². The van der Waals surface area contributed by atoms with Gasteiger partial charge in [-0.25, -0.2) is 9.78 Å². The van der Waals surface area contributed by atoms with Gasteiger partial charge in [0.15, 0.2) is 5.75 Å². The van der Waals surface area contributed by atoms with Crippen LogP contribution in [0, 0.1) is 18.3 Å². The maximum Gasteiger partial charge on any atom is 0.346 e. The molecule has 1 aromatic heterocycles. The Hall–Kier alpha value is -2.75. The molecule has 1 heterocycles. The minimum atomic E-state index is -1.29. The number of benzene rings is 1. The minimum absolute atomic E-state index is 0.210. The van der Waals surface area contributed by atoms with Gasteiger partial charge >= 0.3 is 5.97 Å². The average molecular weight is 393 g/mol. The monoisotopic (exact) mass is 392 g/mol. The predicted octanol–water partition coefficient (Wildman–Crippen LogP) is 4.15. The van der Waals surface area contributed by atoms with Crippen molar-refractivity contribution in [2.24, 2.45) is 0 Å². The number of carbonyl (C=O) groups is 1. The molecule has 0 fully saturated rings. The smallest absolute Gasteiger partial charge is 0.346 e. The number of aliphatic carboxylic acids is 1. The Balaban J connectivity index is 1.89. The number of ether oxygens (including phenoxy) is 2. The molecular weight excluding hydrogens is 379 g/mol. The number of nitrogens with zero attached hydrogens (tertiary/aromatic N) is 2. The number of rotatable bonds is 7. The second kappa shape index (κ2) is 9.09. The fourth-order valence-corrected chi connectivity index (χ4v) is 2.69. The SMILES string of the molecule is Cc1cc(Cl)c(OCCOc2ccc(C=C(C#N)C(=O)O)cn2)c(Cl)c1. The van der Waals surface area contributed by atoms with Crippen molar-refractivity contribution < 1.29 is 19.4 Å². The van der Waals surface area contributed by atoms with Crippen molar-refractivity contribution in [2.45, 2.75) is 6.92 Å². The number of aryl methyl sites for hydroxylation is 1. The fourth-order valence-electron chi connectivity index (χ4n) is 1.99. The molecule has 0 amide bonds. The molecule has 1 aromatic carbocycles. The molecule has 2 aromatic rings. The van der Waals surface area contributed by atoms with E-state index < -0.39 is 5.97 Å². The van der Waals surface area contributed by atoms with Crippen LogP contribution in [0.1, 0.15) is 11.1 Å². The molecule has 0 aliphatic carbocycles. The molecule has 26 heavy (non-hydrogen) atoms. The van der Waals surface area contributed by atoms with E-state index >= 15 is 0 Å².